The van der Waals surface area contributed by atoms with E-state index in [4.69, 9.17) is 0 Å². The van der Waals surface area contributed by atoms with Gasteiger partial charge in [0, 0.05) is 6.42 Å². The van der Waals surface area contributed by atoms with E-state index in [9.17, 15) is 25.1 Å². The molecule has 0 saturated heterocycles. The van der Waals surface area contributed by atoms with Crippen LogP contribution in [0.1, 0.15) is 35.2 Å². The van der Waals surface area contributed by atoms with Gasteiger partial charge >= 0.3 is 5.69 Å². The number of phenols is 2. The van der Waals surface area contributed by atoms with E-state index in [0.717, 1.165) is 6.42 Å². The molecule has 1 aliphatic carbocycles. The highest BCUT2D eigenvalue weighted by atomic mass is 16.6. The summed E-state index contributed by atoms with van der Waals surface area (Å²) in [5.74, 6) is -1.73. The van der Waals surface area contributed by atoms with Gasteiger partial charge in [-0.2, -0.15) is 0 Å². The van der Waals surface area contributed by atoms with E-state index < -0.39 is 22.1 Å². The molecule has 0 aliphatic heterocycles. The summed E-state index contributed by atoms with van der Waals surface area (Å²) in [5, 5.41) is 29.8. The maximum atomic E-state index is 11.8. The van der Waals surface area contributed by atoms with E-state index in [-0.39, 0.29) is 17.8 Å². The maximum Gasteiger partial charge on any atom is 0.325 e. The van der Waals surface area contributed by atoms with Crippen LogP contribution in [0.25, 0.3) is 0 Å². The summed E-state index contributed by atoms with van der Waals surface area (Å²) < 4.78 is 0. The molecule has 17 heavy (non-hydrogen) atoms. The largest absolute Gasteiger partial charge is 0.504 e. The van der Waals surface area contributed by atoms with Crippen LogP contribution in [0.3, 0.4) is 0 Å². The third-order valence-electron chi connectivity index (χ3n) is 2.90. The van der Waals surface area contributed by atoms with Crippen LogP contribution in [0.5, 0.6) is 11.5 Å². The average Bonchev–Trinajstić information content (AvgIpc) is 2.43. The van der Waals surface area contributed by atoms with Crippen molar-refractivity contribution in [2.24, 2.45) is 0 Å². The number of nitro groups is 1. The molecular formula is C11H11NO5. The van der Waals surface area contributed by atoms with Crippen LogP contribution in [0.2, 0.25) is 0 Å². The number of fused-ring (bicyclic) bond motifs is 1. The molecule has 6 nitrogen and oxygen atoms in total. The van der Waals surface area contributed by atoms with Crippen LogP contribution in [0.4, 0.5) is 5.69 Å². The van der Waals surface area contributed by atoms with Gasteiger partial charge in [-0.1, -0.05) is 0 Å². The van der Waals surface area contributed by atoms with Gasteiger partial charge in [0.1, 0.15) is 5.56 Å². The molecule has 0 spiro atoms. The Balaban J connectivity index is 2.76. The second-order valence-corrected chi connectivity index (χ2v) is 4.01. The number of aryl methyl sites for hydroxylation is 1. The first-order valence-electron chi connectivity index (χ1n) is 5.27. The topological polar surface area (TPSA) is 101 Å². The Bertz CT molecular complexity index is 509. The van der Waals surface area contributed by atoms with E-state index >= 15 is 0 Å². The molecule has 0 amide bonds. The normalized spacial score (nSPS) is 15.2. The van der Waals surface area contributed by atoms with Gasteiger partial charge in [-0.3, -0.25) is 14.9 Å². The predicted molar refractivity (Wildman–Crippen MR) is 58.3 cm³/mol. The van der Waals surface area contributed by atoms with Gasteiger partial charge < -0.3 is 10.2 Å². The number of hydrogen-bond donors (Lipinski definition) is 2. The SMILES string of the molecule is O=C1CCCCc2cc(O)c(O)c([N+](=O)[O-])c21. The fourth-order valence-electron chi connectivity index (χ4n) is 2.11. The molecule has 0 heterocycles. The van der Waals surface area contributed by atoms with Gasteiger partial charge in [0.15, 0.2) is 11.5 Å². The molecule has 0 radical (unpaired) electrons. The first kappa shape index (κ1) is 11.4. The molecule has 1 aliphatic rings. The number of nitro benzene ring substituents is 1. The number of rotatable bonds is 1. The highest BCUT2D eigenvalue weighted by molar-refractivity contribution is 6.03. The minimum absolute atomic E-state index is 0.0530. The number of carbonyl (C=O) groups is 1. The number of phenolic OH excluding ortho intramolecular Hbond substituents is 2. The first-order valence-corrected chi connectivity index (χ1v) is 5.27. The van der Waals surface area contributed by atoms with Crippen molar-refractivity contribution in [1.29, 1.82) is 0 Å². The zero-order valence-electron chi connectivity index (χ0n) is 8.97. The monoisotopic (exact) mass is 237 g/mol. The number of carbonyl (C=O) groups excluding carboxylic acids is 1. The molecular weight excluding hydrogens is 226 g/mol. The number of ketones is 1. The number of benzene rings is 1. The Morgan fingerprint density at radius 3 is 2.53 bits per heavy atom. The lowest BCUT2D eigenvalue weighted by atomic mass is 9.99. The summed E-state index contributed by atoms with van der Waals surface area (Å²) >= 11 is 0. The van der Waals surface area contributed by atoms with Crippen LogP contribution in [0, 0.1) is 10.1 Å². The van der Waals surface area contributed by atoms with Crippen molar-refractivity contribution in [3.8, 4) is 11.5 Å². The quantitative estimate of drug-likeness (QED) is 0.336. The van der Waals surface area contributed by atoms with Crippen LogP contribution in [-0.4, -0.2) is 20.9 Å². The summed E-state index contributed by atoms with van der Waals surface area (Å²) in [4.78, 5) is 21.9. The molecule has 0 aromatic heterocycles. The predicted octanol–water partition coefficient (Wildman–Crippen LogP) is 1.92. The fourth-order valence-corrected chi connectivity index (χ4v) is 2.11. The van der Waals surface area contributed by atoms with Crippen molar-refractivity contribution in [2.45, 2.75) is 25.7 Å². The molecule has 0 fully saturated rings. The summed E-state index contributed by atoms with van der Waals surface area (Å²) in [6.45, 7) is 0. The number of hydrogen-bond acceptors (Lipinski definition) is 5. The van der Waals surface area contributed by atoms with Crippen LogP contribution in [-0.2, 0) is 6.42 Å². The molecule has 90 valence electrons. The van der Waals surface area contributed by atoms with Gasteiger partial charge in [-0.05, 0) is 30.9 Å². The number of aromatic hydroxyl groups is 2. The Morgan fingerprint density at radius 2 is 1.88 bits per heavy atom. The van der Waals surface area contributed by atoms with Crippen molar-refractivity contribution >= 4 is 11.5 Å². The molecule has 2 rings (SSSR count). The summed E-state index contributed by atoms with van der Waals surface area (Å²) in [6, 6.07) is 1.24. The Morgan fingerprint density at radius 1 is 1.24 bits per heavy atom. The van der Waals surface area contributed by atoms with Gasteiger partial charge in [-0.15, -0.1) is 0 Å². The van der Waals surface area contributed by atoms with Crippen molar-refractivity contribution in [2.75, 3.05) is 0 Å². The van der Waals surface area contributed by atoms with E-state index in [1.165, 1.54) is 6.07 Å². The van der Waals surface area contributed by atoms with Gasteiger partial charge in [0.05, 0.1) is 4.92 Å². The lowest BCUT2D eigenvalue weighted by molar-refractivity contribution is -0.386. The third kappa shape index (κ3) is 1.82. The van der Waals surface area contributed by atoms with Gasteiger partial charge in [0.2, 0.25) is 5.75 Å². The zero-order chi connectivity index (χ0) is 12.6. The smallest absolute Gasteiger partial charge is 0.325 e. The van der Waals surface area contributed by atoms with E-state index in [1.807, 2.05) is 0 Å². The fraction of sp³-hybridized carbons (Fsp3) is 0.364. The number of Topliss-reactive ketones (excluding diaryl/α,β-unsaturated/α-hetero) is 1. The molecule has 0 atom stereocenters. The standard InChI is InChI=1S/C11H11NO5/c13-7-4-2-1-3-6-5-8(14)11(15)10(9(6)7)12(16)17/h5,14-15H,1-4H2. The lowest BCUT2D eigenvalue weighted by Crippen LogP contribution is -2.06. The summed E-state index contributed by atoms with van der Waals surface area (Å²) in [7, 11) is 0. The van der Waals surface area contributed by atoms with Crippen molar-refractivity contribution in [1.82, 2.24) is 0 Å². The summed E-state index contributed by atoms with van der Waals surface area (Å²) in [6.07, 6.45) is 2.13. The molecule has 2 N–H and O–H groups in total. The Labute approximate surface area is 96.7 Å². The average molecular weight is 237 g/mol. The molecule has 6 heteroatoms. The minimum Gasteiger partial charge on any atom is -0.504 e. The molecule has 1 aromatic rings. The summed E-state index contributed by atoms with van der Waals surface area (Å²) in [5.41, 5.74) is -0.288. The van der Waals surface area contributed by atoms with Gasteiger partial charge in [0.25, 0.3) is 0 Å². The van der Waals surface area contributed by atoms with E-state index in [2.05, 4.69) is 0 Å². The highest BCUT2D eigenvalue weighted by Crippen LogP contribution is 2.42. The zero-order valence-corrected chi connectivity index (χ0v) is 8.97. The second kappa shape index (κ2) is 4.04. The van der Waals surface area contributed by atoms with Crippen molar-refractivity contribution in [3.63, 3.8) is 0 Å². The molecule has 0 saturated carbocycles. The third-order valence-corrected chi connectivity index (χ3v) is 2.90. The van der Waals surface area contributed by atoms with Crippen LogP contribution < -0.4 is 0 Å². The Kier molecular flexibility index (Phi) is 2.71. The minimum atomic E-state index is -0.830. The molecule has 1 aromatic carbocycles. The van der Waals surface area contributed by atoms with Crippen molar-refractivity contribution < 1.29 is 19.9 Å². The Hall–Kier alpha value is -2.11. The van der Waals surface area contributed by atoms with Gasteiger partial charge in [-0.25, -0.2) is 0 Å². The van der Waals surface area contributed by atoms with Crippen molar-refractivity contribution in [3.05, 3.63) is 27.3 Å². The maximum absolute atomic E-state index is 11.8. The van der Waals surface area contributed by atoms with E-state index in [0.29, 0.717) is 18.4 Å². The lowest BCUT2D eigenvalue weighted by Gasteiger charge is -2.08. The second-order valence-electron chi connectivity index (χ2n) is 4.01. The number of nitrogens with zero attached hydrogens (tertiary/aromatic N) is 1. The molecule has 0 bridgehead atoms. The van der Waals surface area contributed by atoms with Crippen LogP contribution >= 0.6 is 0 Å². The van der Waals surface area contributed by atoms with E-state index in [1.54, 1.807) is 0 Å². The highest BCUT2D eigenvalue weighted by Gasteiger charge is 2.31. The van der Waals surface area contributed by atoms with Crippen LogP contribution in [0.15, 0.2) is 6.07 Å². The molecule has 0 unspecified atom stereocenters. The first-order chi connectivity index (χ1) is 8.02.